The third-order valence-corrected chi connectivity index (χ3v) is 5.02. The lowest BCUT2D eigenvalue weighted by molar-refractivity contribution is 0.0908. The van der Waals surface area contributed by atoms with Crippen LogP contribution < -0.4 is 11.1 Å². The smallest absolute Gasteiger partial charge is 0.253 e. The maximum Gasteiger partial charge on any atom is 0.253 e. The highest BCUT2D eigenvalue weighted by Crippen LogP contribution is 2.27. The molecule has 0 bridgehead atoms. The summed E-state index contributed by atoms with van der Waals surface area (Å²) in [6.07, 6.45) is 4.44. The predicted octanol–water partition coefficient (Wildman–Crippen LogP) is 3.35. The molecule has 0 aromatic heterocycles. The van der Waals surface area contributed by atoms with Gasteiger partial charge >= 0.3 is 0 Å². The third-order valence-electron chi connectivity index (χ3n) is 3.72. The number of benzene rings is 1. The number of halogens is 2. The molecule has 3 nitrogen and oxygen atoms in total. The van der Waals surface area contributed by atoms with E-state index in [2.05, 4.69) is 21.2 Å². The molecule has 2 rings (SSSR count). The topological polar surface area (TPSA) is 55.1 Å². The molecule has 0 aliphatic heterocycles. The van der Waals surface area contributed by atoms with Crippen molar-refractivity contribution in [3.63, 3.8) is 0 Å². The molecule has 1 fully saturated rings. The number of rotatable bonds is 3. The molecule has 0 saturated heterocycles. The quantitative estimate of drug-likeness (QED) is 0.882. The fourth-order valence-corrected chi connectivity index (χ4v) is 3.18. The van der Waals surface area contributed by atoms with Crippen molar-refractivity contribution in [1.29, 1.82) is 0 Å². The Morgan fingerprint density at radius 3 is 2.89 bits per heavy atom. The van der Waals surface area contributed by atoms with Gasteiger partial charge in [0.2, 0.25) is 0 Å². The number of carbonyl (C=O) groups is 1. The molecule has 1 aromatic rings. The third kappa shape index (κ3) is 3.50. The zero-order valence-corrected chi connectivity index (χ0v) is 13.0. The summed E-state index contributed by atoms with van der Waals surface area (Å²) in [5, 5.41) is 3.54. The normalized spacial score (nSPS) is 23.1. The molecule has 1 saturated carbocycles. The van der Waals surface area contributed by atoms with Crippen LogP contribution in [0, 0.1) is 5.92 Å². The molecule has 2 unspecified atom stereocenters. The van der Waals surface area contributed by atoms with Crippen LogP contribution in [0.1, 0.15) is 36.0 Å². The number of carbonyl (C=O) groups excluding carboxylic acids is 1. The van der Waals surface area contributed by atoms with Crippen LogP contribution in [-0.4, -0.2) is 18.5 Å². The average molecular weight is 346 g/mol. The van der Waals surface area contributed by atoms with E-state index in [4.69, 9.17) is 17.3 Å². The van der Waals surface area contributed by atoms with Crippen LogP contribution in [0.5, 0.6) is 0 Å². The van der Waals surface area contributed by atoms with Gasteiger partial charge in [-0.1, -0.05) is 30.5 Å². The van der Waals surface area contributed by atoms with Gasteiger partial charge < -0.3 is 11.1 Å². The number of hydrogen-bond acceptors (Lipinski definition) is 2. The van der Waals surface area contributed by atoms with E-state index < -0.39 is 0 Å². The molecule has 104 valence electrons. The van der Waals surface area contributed by atoms with Crippen molar-refractivity contribution in [2.24, 2.45) is 11.7 Å². The minimum atomic E-state index is -0.114. The van der Waals surface area contributed by atoms with Crippen molar-refractivity contribution < 1.29 is 4.79 Å². The first kappa shape index (κ1) is 14.8. The van der Waals surface area contributed by atoms with E-state index >= 15 is 0 Å². The van der Waals surface area contributed by atoms with Crippen molar-refractivity contribution in [1.82, 2.24) is 5.32 Å². The molecule has 19 heavy (non-hydrogen) atoms. The maximum atomic E-state index is 12.3. The average Bonchev–Trinajstić information content (AvgIpc) is 2.42. The molecule has 2 atom stereocenters. The second kappa shape index (κ2) is 6.73. The van der Waals surface area contributed by atoms with Crippen LogP contribution in [0.3, 0.4) is 0 Å². The number of nitrogens with two attached hydrogens (primary N) is 1. The Morgan fingerprint density at radius 1 is 1.42 bits per heavy atom. The van der Waals surface area contributed by atoms with Crippen molar-refractivity contribution in [2.75, 3.05) is 6.54 Å². The van der Waals surface area contributed by atoms with E-state index in [1.807, 2.05) is 12.1 Å². The highest BCUT2D eigenvalue weighted by atomic mass is 79.9. The highest BCUT2D eigenvalue weighted by molar-refractivity contribution is 9.10. The van der Waals surface area contributed by atoms with Crippen LogP contribution in [0.2, 0.25) is 5.02 Å². The first-order chi connectivity index (χ1) is 9.13. The Labute approximate surface area is 127 Å². The summed E-state index contributed by atoms with van der Waals surface area (Å²) in [6, 6.07) is 5.54. The lowest BCUT2D eigenvalue weighted by Crippen LogP contribution is -2.44. The van der Waals surface area contributed by atoms with E-state index in [-0.39, 0.29) is 11.9 Å². The molecule has 0 heterocycles. The van der Waals surface area contributed by atoms with Gasteiger partial charge in [-0.25, -0.2) is 0 Å². The van der Waals surface area contributed by atoms with Crippen LogP contribution in [-0.2, 0) is 0 Å². The Bertz CT molecular complexity index is 467. The van der Waals surface area contributed by atoms with Gasteiger partial charge in [0.15, 0.2) is 0 Å². The molecule has 3 N–H and O–H groups in total. The van der Waals surface area contributed by atoms with Gasteiger partial charge in [0, 0.05) is 10.5 Å². The molecule has 0 spiro atoms. The van der Waals surface area contributed by atoms with Crippen LogP contribution in [0.15, 0.2) is 22.7 Å². The van der Waals surface area contributed by atoms with Gasteiger partial charge in [-0.05, 0) is 53.4 Å². The predicted molar refractivity (Wildman–Crippen MR) is 81.4 cm³/mol. The number of hydrogen-bond donors (Lipinski definition) is 2. The Morgan fingerprint density at radius 2 is 2.16 bits per heavy atom. The number of nitrogens with one attached hydrogen (secondary N) is 1. The van der Waals surface area contributed by atoms with E-state index in [0.717, 1.165) is 23.7 Å². The van der Waals surface area contributed by atoms with E-state index in [1.165, 1.54) is 6.42 Å². The Hall–Kier alpha value is -0.580. The van der Waals surface area contributed by atoms with Gasteiger partial charge in [-0.15, -0.1) is 0 Å². The SMILES string of the molecule is NCC1CCCCC1NC(=O)c1cccc(Br)c1Cl. The van der Waals surface area contributed by atoms with Crippen molar-refractivity contribution in [3.8, 4) is 0 Å². The van der Waals surface area contributed by atoms with Gasteiger partial charge in [-0.2, -0.15) is 0 Å². The van der Waals surface area contributed by atoms with E-state index in [1.54, 1.807) is 6.07 Å². The highest BCUT2D eigenvalue weighted by Gasteiger charge is 2.26. The monoisotopic (exact) mass is 344 g/mol. The summed E-state index contributed by atoms with van der Waals surface area (Å²) < 4.78 is 0.737. The molecule has 5 heteroatoms. The first-order valence-corrected chi connectivity index (χ1v) is 7.75. The zero-order chi connectivity index (χ0) is 13.8. The lowest BCUT2D eigenvalue weighted by atomic mass is 9.84. The van der Waals surface area contributed by atoms with E-state index in [0.29, 0.717) is 23.0 Å². The van der Waals surface area contributed by atoms with Crippen molar-refractivity contribution in [3.05, 3.63) is 33.3 Å². The van der Waals surface area contributed by atoms with Gasteiger partial charge in [-0.3, -0.25) is 4.79 Å². The Kier molecular flexibility index (Phi) is 5.25. The second-order valence-electron chi connectivity index (χ2n) is 4.96. The van der Waals surface area contributed by atoms with Crippen LogP contribution >= 0.6 is 27.5 Å². The lowest BCUT2D eigenvalue weighted by Gasteiger charge is -2.31. The maximum absolute atomic E-state index is 12.3. The number of amides is 1. The van der Waals surface area contributed by atoms with Crippen LogP contribution in [0.25, 0.3) is 0 Å². The second-order valence-corrected chi connectivity index (χ2v) is 6.19. The molecular weight excluding hydrogens is 328 g/mol. The van der Waals surface area contributed by atoms with Gasteiger partial charge in [0.05, 0.1) is 10.6 Å². The largest absolute Gasteiger partial charge is 0.349 e. The fourth-order valence-electron chi connectivity index (χ4n) is 2.61. The summed E-state index contributed by atoms with van der Waals surface area (Å²) in [6.45, 7) is 0.622. The van der Waals surface area contributed by atoms with Crippen molar-refractivity contribution >= 4 is 33.4 Å². The minimum Gasteiger partial charge on any atom is -0.349 e. The summed E-state index contributed by atoms with van der Waals surface area (Å²) in [4.78, 5) is 12.3. The summed E-state index contributed by atoms with van der Waals surface area (Å²) in [7, 11) is 0. The molecule has 1 aliphatic carbocycles. The van der Waals surface area contributed by atoms with E-state index in [9.17, 15) is 4.79 Å². The molecule has 1 aromatic carbocycles. The standard InChI is InChI=1S/C14H18BrClN2O/c15-11-6-3-5-10(13(11)16)14(19)18-12-7-2-1-4-9(12)8-17/h3,5-6,9,12H,1-2,4,7-8,17H2,(H,18,19). The van der Waals surface area contributed by atoms with Crippen LogP contribution in [0.4, 0.5) is 0 Å². The summed E-state index contributed by atoms with van der Waals surface area (Å²) in [5.74, 6) is 0.264. The fraction of sp³-hybridized carbons (Fsp3) is 0.500. The van der Waals surface area contributed by atoms with Gasteiger partial charge in [0.1, 0.15) is 0 Å². The van der Waals surface area contributed by atoms with Crippen molar-refractivity contribution in [2.45, 2.75) is 31.7 Å². The Balaban J connectivity index is 2.09. The summed E-state index contributed by atoms with van der Waals surface area (Å²) in [5.41, 5.74) is 6.29. The minimum absolute atomic E-state index is 0.114. The first-order valence-electron chi connectivity index (χ1n) is 6.58. The zero-order valence-electron chi connectivity index (χ0n) is 10.7. The molecule has 1 amide bonds. The molecule has 1 aliphatic rings. The molecule has 0 radical (unpaired) electrons. The molecular formula is C14H18BrClN2O. The summed E-state index contributed by atoms with van der Waals surface area (Å²) >= 11 is 9.48. The van der Waals surface area contributed by atoms with Gasteiger partial charge in [0.25, 0.3) is 5.91 Å².